The maximum atomic E-state index is 11.9. The van der Waals surface area contributed by atoms with Gasteiger partial charge in [-0.1, -0.05) is 32.0 Å². The molecule has 8 nitrogen and oxygen atoms in total. The van der Waals surface area contributed by atoms with Gasteiger partial charge in [0, 0.05) is 17.8 Å². The van der Waals surface area contributed by atoms with Gasteiger partial charge in [0.15, 0.2) is 13.2 Å². The van der Waals surface area contributed by atoms with Gasteiger partial charge in [0.25, 0.3) is 11.6 Å². The highest BCUT2D eigenvalue weighted by atomic mass is 16.6. The molecule has 0 aromatic heterocycles. The van der Waals surface area contributed by atoms with Gasteiger partial charge in [-0.15, -0.1) is 0 Å². The Morgan fingerprint density at radius 1 is 1.14 bits per heavy atom. The van der Waals surface area contributed by atoms with E-state index >= 15 is 0 Å². The lowest BCUT2D eigenvalue weighted by Crippen LogP contribution is -2.23. The molecule has 0 bridgehead atoms. The lowest BCUT2D eigenvalue weighted by molar-refractivity contribution is -0.384. The normalized spacial score (nSPS) is 10.4. The summed E-state index contributed by atoms with van der Waals surface area (Å²) in [5, 5.41) is 13.2. The molecular formula is C20H22N2O6. The van der Waals surface area contributed by atoms with Crippen LogP contribution in [0.1, 0.15) is 30.9 Å². The fourth-order valence-corrected chi connectivity index (χ4v) is 2.46. The summed E-state index contributed by atoms with van der Waals surface area (Å²) in [5.41, 5.74) is 2.07. The van der Waals surface area contributed by atoms with Crippen molar-refractivity contribution in [1.82, 2.24) is 0 Å². The van der Waals surface area contributed by atoms with Crippen LogP contribution >= 0.6 is 0 Å². The highest BCUT2D eigenvalue weighted by Gasteiger charge is 2.13. The molecule has 0 fully saturated rings. The number of hydrogen-bond acceptors (Lipinski definition) is 6. The lowest BCUT2D eigenvalue weighted by Gasteiger charge is -2.14. The van der Waals surface area contributed by atoms with Crippen LogP contribution in [0, 0.1) is 17.0 Å². The monoisotopic (exact) mass is 386 g/mol. The molecule has 8 heteroatoms. The van der Waals surface area contributed by atoms with Gasteiger partial charge in [-0.25, -0.2) is 4.79 Å². The second-order valence-corrected chi connectivity index (χ2v) is 6.50. The van der Waals surface area contributed by atoms with Gasteiger partial charge in [0.05, 0.1) is 4.92 Å². The van der Waals surface area contributed by atoms with Crippen molar-refractivity contribution in [1.29, 1.82) is 0 Å². The van der Waals surface area contributed by atoms with Crippen LogP contribution in [0.2, 0.25) is 0 Å². The number of nitro benzene ring substituents is 1. The standard InChI is InChI=1S/C20H22N2O6/c1-13(2)17-8-7-14(3)9-18(17)27-12-20(24)28-11-19(23)21-15-5-4-6-16(10-15)22(25)26/h4-10,13H,11-12H2,1-3H3,(H,21,23). The summed E-state index contributed by atoms with van der Waals surface area (Å²) in [7, 11) is 0. The van der Waals surface area contributed by atoms with Crippen molar-refractivity contribution in [2.45, 2.75) is 26.7 Å². The lowest BCUT2D eigenvalue weighted by atomic mass is 10.0. The maximum absolute atomic E-state index is 11.9. The molecule has 2 aromatic carbocycles. The number of esters is 1. The molecule has 0 saturated carbocycles. The zero-order valence-electron chi connectivity index (χ0n) is 15.9. The molecule has 28 heavy (non-hydrogen) atoms. The predicted octanol–water partition coefficient (Wildman–Crippen LogP) is 3.59. The first-order chi connectivity index (χ1) is 13.3. The van der Waals surface area contributed by atoms with Crippen molar-refractivity contribution in [2.75, 3.05) is 18.5 Å². The van der Waals surface area contributed by atoms with Crippen LogP contribution in [0.4, 0.5) is 11.4 Å². The van der Waals surface area contributed by atoms with Crippen molar-refractivity contribution in [3.63, 3.8) is 0 Å². The molecule has 0 saturated heterocycles. The fourth-order valence-electron chi connectivity index (χ4n) is 2.46. The molecule has 0 heterocycles. The number of amides is 1. The topological polar surface area (TPSA) is 108 Å². The third-order valence-electron chi connectivity index (χ3n) is 3.84. The largest absolute Gasteiger partial charge is 0.482 e. The number of nitro groups is 1. The first kappa shape index (κ1) is 20.9. The summed E-state index contributed by atoms with van der Waals surface area (Å²) >= 11 is 0. The van der Waals surface area contributed by atoms with E-state index in [4.69, 9.17) is 9.47 Å². The Bertz CT molecular complexity index is 879. The average molecular weight is 386 g/mol. The van der Waals surface area contributed by atoms with Gasteiger partial charge in [0.2, 0.25) is 0 Å². The molecule has 1 amide bonds. The second kappa shape index (κ2) is 9.50. The molecular weight excluding hydrogens is 364 g/mol. The molecule has 0 spiro atoms. The SMILES string of the molecule is Cc1ccc(C(C)C)c(OCC(=O)OCC(=O)Nc2cccc([N+](=O)[O-])c2)c1. The van der Waals surface area contributed by atoms with Crippen molar-refractivity contribution in [3.05, 3.63) is 63.7 Å². The van der Waals surface area contributed by atoms with Crippen LogP contribution in [0.25, 0.3) is 0 Å². The van der Waals surface area contributed by atoms with Crippen molar-refractivity contribution < 1.29 is 24.0 Å². The van der Waals surface area contributed by atoms with Crippen molar-refractivity contribution in [2.24, 2.45) is 0 Å². The molecule has 1 N–H and O–H groups in total. The number of nitrogens with one attached hydrogen (secondary N) is 1. The molecule has 0 atom stereocenters. The van der Waals surface area contributed by atoms with E-state index < -0.39 is 23.4 Å². The van der Waals surface area contributed by atoms with Gasteiger partial charge in [-0.2, -0.15) is 0 Å². The van der Waals surface area contributed by atoms with Gasteiger partial charge in [-0.3, -0.25) is 14.9 Å². The van der Waals surface area contributed by atoms with Gasteiger partial charge in [0.1, 0.15) is 5.75 Å². The maximum Gasteiger partial charge on any atom is 0.344 e. The third-order valence-corrected chi connectivity index (χ3v) is 3.84. The quantitative estimate of drug-likeness (QED) is 0.422. The molecule has 148 valence electrons. The summed E-state index contributed by atoms with van der Waals surface area (Å²) in [6, 6.07) is 11.2. The number of anilines is 1. The van der Waals surface area contributed by atoms with Crippen molar-refractivity contribution >= 4 is 23.3 Å². The number of non-ortho nitro benzene ring substituents is 1. The van der Waals surface area contributed by atoms with Crippen LogP contribution in [-0.2, 0) is 14.3 Å². The minimum atomic E-state index is -0.689. The number of aryl methyl sites for hydroxylation is 1. The van der Waals surface area contributed by atoms with E-state index in [1.54, 1.807) is 0 Å². The van der Waals surface area contributed by atoms with Gasteiger partial charge in [-0.05, 0) is 36.1 Å². The van der Waals surface area contributed by atoms with Crippen LogP contribution < -0.4 is 10.1 Å². The molecule has 0 aliphatic heterocycles. The highest BCUT2D eigenvalue weighted by Crippen LogP contribution is 2.27. The Balaban J connectivity index is 1.84. The Kier molecular flexibility index (Phi) is 7.08. The number of ether oxygens (including phenoxy) is 2. The average Bonchev–Trinajstić information content (AvgIpc) is 2.64. The van der Waals surface area contributed by atoms with E-state index in [1.807, 2.05) is 39.0 Å². The van der Waals surface area contributed by atoms with Crippen molar-refractivity contribution in [3.8, 4) is 5.75 Å². The number of carbonyl (C=O) groups is 2. The second-order valence-electron chi connectivity index (χ2n) is 6.50. The zero-order chi connectivity index (χ0) is 20.7. The Morgan fingerprint density at radius 2 is 1.89 bits per heavy atom. The first-order valence-corrected chi connectivity index (χ1v) is 8.69. The molecule has 0 unspecified atom stereocenters. The summed E-state index contributed by atoms with van der Waals surface area (Å²) < 4.78 is 10.4. The Morgan fingerprint density at radius 3 is 2.57 bits per heavy atom. The minimum Gasteiger partial charge on any atom is -0.482 e. The van der Waals surface area contributed by atoms with E-state index in [9.17, 15) is 19.7 Å². The minimum absolute atomic E-state index is 0.151. The zero-order valence-corrected chi connectivity index (χ0v) is 15.9. The third kappa shape index (κ3) is 6.08. The first-order valence-electron chi connectivity index (χ1n) is 8.69. The predicted molar refractivity (Wildman–Crippen MR) is 103 cm³/mol. The summed E-state index contributed by atoms with van der Waals surface area (Å²) in [6.45, 7) is 5.12. The van der Waals surface area contributed by atoms with Crippen LogP contribution in [0.15, 0.2) is 42.5 Å². The number of carbonyl (C=O) groups excluding carboxylic acids is 2. The van der Waals surface area contributed by atoms with Gasteiger partial charge >= 0.3 is 5.97 Å². The Labute approximate surface area is 162 Å². The number of rotatable bonds is 8. The molecule has 0 aliphatic carbocycles. The Hall–Kier alpha value is -3.42. The van der Waals surface area contributed by atoms with Gasteiger partial charge < -0.3 is 14.8 Å². The summed E-state index contributed by atoms with van der Waals surface area (Å²) in [4.78, 5) is 33.9. The number of benzene rings is 2. The van der Waals surface area contributed by atoms with E-state index in [2.05, 4.69) is 5.32 Å². The molecule has 2 rings (SSSR count). The smallest absolute Gasteiger partial charge is 0.344 e. The number of nitrogens with zero attached hydrogens (tertiary/aromatic N) is 1. The summed E-state index contributed by atoms with van der Waals surface area (Å²) in [6.07, 6.45) is 0. The molecule has 2 aromatic rings. The number of hydrogen-bond donors (Lipinski definition) is 1. The highest BCUT2D eigenvalue weighted by molar-refractivity contribution is 5.93. The molecule has 0 aliphatic rings. The molecule has 0 radical (unpaired) electrons. The van der Waals surface area contributed by atoms with Crippen LogP contribution in [0.3, 0.4) is 0 Å². The fraction of sp³-hybridized carbons (Fsp3) is 0.300. The summed E-state index contributed by atoms with van der Waals surface area (Å²) in [5.74, 6) is -0.460. The van der Waals surface area contributed by atoms with Crippen LogP contribution in [-0.4, -0.2) is 30.0 Å². The van der Waals surface area contributed by atoms with E-state index in [0.717, 1.165) is 11.1 Å². The van der Waals surface area contributed by atoms with E-state index in [1.165, 1.54) is 24.3 Å². The van der Waals surface area contributed by atoms with E-state index in [0.29, 0.717) is 5.75 Å². The van der Waals surface area contributed by atoms with E-state index in [-0.39, 0.29) is 23.9 Å². The van der Waals surface area contributed by atoms with Crippen LogP contribution in [0.5, 0.6) is 5.75 Å².